The van der Waals surface area contributed by atoms with Crippen molar-refractivity contribution >= 4 is 5.91 Å². The summed E-state index contributed by atoms with van der Waals surface area (Å²) >= 11 is 0. The molecule has 1 aliphatic rings. The van der Waals surface area contributed by atoms with Crippen LogP contribution in [0, 0.1) is 26.7 Å². The van der Waals surface area contributed by atoms with Crippen molar-refractivity contribution in [1.82, 2.24) is 20.6 Å². The molecule has 0 aromatic carbocycles. The molecule has 1 fully saturated rings. The maximum absolute atomic E-state index is 12.7. The topological polar surface area (TPSA) is 103 Å². The van der Waals surface area contributed by atoms with E-state index < -0.39 is 0 Å². The smallest absolute Gasteiger partial charge is 0.249 e. The Bertz CT molecular complexity index is 729. The quantitative estimate of drug-likeness (QED) is 0.842. The maximum atomic E-state index is 12.7. The van der Waals surface area contributed by atoms with Crippen LogP contribution in [0.3, 0.4) is 0 Å². The van der Waals surface area contributed by atoms with Crippen LogP contribution in [0.15, 0.2) is 9.05 Å². The SMILES string of the molecule is Cc1noc(C(NC(=O)CC(C)c2c(C)noc2C)C2CCOCC2)n1. The zero-order valence-corrected chi connectivity index (χ0v) is 15.7. The Kier molecular flexibility index (Phi) is 5.70. The standard InChI is InChI=1S/C18H26N4O4/c1-10(16-11(2)21-25-12(16)3)9-15(23)20-17(14-5-7-24-8-6-14)18-19-13(4)22-26-18/h10,14,17H,5-9H2,1-4H3,(H,20,23). The molecule has 3 heterocycles. The molecule has 2 aromatic rings. The molecule has 0 saturated carbocycles. The monoisotopic (exact) mass is 362 g/mol. The third kappa shape index (κ3) is 4.12. The molecule has 142 valence electrons. The Morgan fingerprint density at radius 1 is 1.19 bits per heavy atom. The second-order valence-electron chi connectivity index (χ2n) is 7.02. The van der Waals surface area contributed by atoms with Gasteiger partial charge in [-0.25, -0.2) is 0 Å². The van der Waals surface area contributed by atoms with Crippen molar-refractivity contribution in [1.29, 1.82) is 0 Å². The first-order valence-corrected chi connectivity index (χ1v) is 9.05. The molecule has 0 radical (unpaired) electrons. The van der Waals surface area contributed by atoms with Gasteiger partial charge in [0.2, 0.25) is 11.8 Å². The number of hydrogen-bond donors (Lipinski definition) is 1. The summed E-state index contributed by atoms with van der Waals surface area (Å²) in [6.07, 6.45) is 2.05. The van der Waals surface area contributed by atoms with Crippen LogP contribution in [0.2, 0.25) is 0 Å². The first-order chi connectivity index (χ1) is 12.5. The first kappa shape index (κ1) is 18.6. The third-order valence-corrected chi connectivity index (χ3v) is 4.94. The predicted molar refractivity (Wildman–Crippen MR) is 92.5 cm³/mol. The van der Waals surface area contributed by atoms with Crippen molar-refractivity contribution in [3.8, 4) is 0 Å². The lowest BCUT2D eigenvalue weighted by Crippen LogP contribution is -2.36. The summed E-state index contributed by atoms with van der Waals surface area (Å²) < 4.78 is 16.0. The first-order valence-electron chi connectivity index (χ1n) is 9.05. The summed E-state index contributed by atoms with van der Waals surface area (Å²) in [5, 5.41) is 11.0. The Hall–Kier alpha value is -2.22. The van der Waals surface area contributed by atoms with Gasteiger partial charge in [-0.3, -0.25) is 4.79 Å². The van der Waals surface area contributed by atoms with Crippen LogP contribution < -0.4 is 5.32 Å². The minimum Gasteiger partial charge on any atom is -0.381 e. The molecule has 1 saturated heterocycles. The van der Waals surface area contributed by atoms with Crippen LogP contribution in [-0.2, 0) is 9.53 Å². The van der Waals surface area contributed by atoms with Crippen molar-refractivity contribution in [2.24, 2.45) is 5.92 Å². The number of carbonyl (C=O) groups excluding carboxylic acids is 1. The molecule has 1 N–H and O–H groups in total. The molecule has 1 aliphatic heterocycles. The van der Waals surface area contributed by atoms with Gasteiger partial charge < -0.3 is 19.1 Å². The summed E-state index contributed by atoms with van der Waals surface area (Å²) in [4.78, 5) is 17.1. The van der Waals surface area contributed by atoms with E-state index in [0.29, 0.717) is 31.3 Å². The molecule has 0 bridgehead atoms. The lowest BCUT2D eigenvalue weighted by Gasteiger charge is -2.29. The summed E-state index contributed by atoms with van der Waals surface area (Å²) in [5.74, 6) is 1.98. The number of aryl methyl sites for hydroxylation is 3. The number of ether oxygens (including phenoxy) is 1. The molecule has 2 unspecified atom stereocenters. The van der Waals surface area contributed by atoms with Crippen molar-refractivity contribution in [2.75, 3.05) is 13.2 Å². The summed E-state index contributed by atoms with van der Waals surface area (Å²) in [5.41, 5.74) is 1.83. The van der Waals surface area contributed by atoms with Crippen LogP contribution in [0.4, 0.5) is 0 Å². The van der Waals surface area contributed by atoms with E-state index in [-0.39, 0.29) is 23.8 Å². The maximum Gasteiger partial charge on any atom is 0.249 e. The second-order valence-corrected chi connectivity index (χ2v) is 7.02. The van der Waals surface area contributed by atoms with E-state index in [1.54, 1.807) is 6.92 Å². The van der Waals surface area contributed by atoms with E-state index in [4.69, 9.17) is 13.8 Å². The van der Waals surface area contributed by atoms with E-state index >= 15 is 0 Å². The summed E-state index contributed by atoms with van der Waals surface area (Å²) in [7, 11) is 0. The molecule has 0 aliphatic carbocycles. The van der Waals surface area contributed by atoms with Gasteiger partial charge in [0.15, 0.2) is 5.82 Å². The van der Waals surface area contributed by atoms with Crippen LogP contribution in [0.5, 0.6) is 0 Å². The molecule has 3 rings (SSSR count). The van der Waals surface area contributed by atoms with Gasteiger partial charge in [-0.05, 0) is 45.4 Å². The van der Waals surface area contributed by atoms with Crippen LogP contribution >= 0.6 is 0 Å². The fourth-order valence-corrected chi connectivity index (χ4v) is 3.68. The molecule has 0 spiro atoms. The highest BCUT2D eigenvalue weighted by molar-refractivity contribution is 5.77. The molecular weight excluding hydrogens is 336 g/mol. The highest BCUT2D eigenvalue weighted by atomic mass is 16.5. The van der Waals surface area contributed by atoms with Crippen molar-refractivity contribution < 1.29 is 18.6 Å². The van der Waals surface area contributed by atoms with Crippen molar-refractivity contribution in [3.05, 3.63) is 28.7 Å². The van der Waals surface area contributed by atoms with Crippen LogP contribution in [0.1, 0.15) is 66.9 Å². The fourth-order valence-electron chi connectivity index (χ4n) is 3.68. The molecule has 8 heteroatoms. The molecule has 2 atom stereocenters. The van der Waals surface area contributed by atoms with Gasteiger partial charge in [0, 0.05) is 25.2 Å². The van der Waals surface area contributed by atoms with Gasteiger partial charge in [0.05, 0.1) is 5.69 Å². The lowest BCUT2D eigenvalue weighted by molar-refractivity contribution is -0.123. The predicted octanol–water partition coefficient (Wildman–Crippen LogP) is 2.76. The number of hydrogen-bond acceptors (Lipinski definition) is 7. The Labute approximate surface area is 152 Å². The number of aromatic nitrogens is 3. The highest BCUT2D eigenvalue weighted by Crippen LogP contribution is 2.30. The number of nitrogens with zero attached hydrogens (tertiary/aromatic N) is 3. The normalized spacial score (nSPS) is 17.8. The number of carbonyl (C=O) groups is 1. The van der Waals surface area contributed by atoms with E-state index in [9.17, 15) is 4.79 Å². The lowest BCUT2D eigenvalue weighted by atomic mass is 9.90. The van der Waals surface area contributed by atoms with Crippen molar-refractivity contribution in [3.63, 3.8) is 0 Å². The number of amides is 1. The zero-order chi connectivity index (χ0) is 18.7. The van der Waals surface area contributed by atoms with Gasteiger partial charge in [-0.15, -0.1) is 0 Å². The summed E-state index contributed by atoms with van der Waals surface area (Å²) in [6.45, 7) is 8.91. The van der Waals surface area contributed by atoms with Gasteiger partial charge in [-0.2, -0.15) is 4.98 Å². The molecule has 2 aromatic heterocycles. The van der Waals surface area contributed by atoms with E-state index in [0.717, 1.165) is 29.9 Å². The third-order valence-electron chi connectivity index (χ3n) is 4.94. The van der Waals surface area contributed by atoms with Gasteiger partial charge >= 0.3 is 0 Å². The Morgan fingerprint density at radius 2 is 1.92 bits per heavy atom. The Balaban J connectivity index is 1.70. The average molecular weight is 362 g/mol. The number of nitrogens with one attached hydrogen (secondary N) is 1. The molecule has 1 amide bonds. The van der Waals surface area contributed by atoms with E-state index in [1.165, 1.54) is 0 Å². The highest BCUT2D eigenvalue weighted by Gasteiger charge is 2.31. The van der Waals surface area contributed by atoms with Gasteiger partial charge in [0.1, 0.15) is 11.8 Å². The largest absolute Gasteiger partial charge is 0.381 e. The molecule has 26 heavy (non-hydrogen) atoms. The average Bonchev–Trinajstić information content (AvgIpc) is 3.19. The van der Waals surface area contributed by atoms with Gasteiger partial charge in [-0.1, -0.05) is 17.2 Å². The second kappa shape index (κ2) is 7.99. The van der Waals surface area contributed by atoms with Crippen LogP contribution in [0.25, 0.3) is 0 Å². The van der Waals surface area contributed by atoms with Crippen molar-refractivity contribution in [2.45, 2.75) is 58.9 Å². The minimum absolute atomic E-state index is 0.0148. The van der Waals surface area contributed by atoms with E-state index in [1.807, 2.05) is 20.8 Å². The van der Waals surface area contributed by atoms with E-state index in [2.05, 4.69) is 20.6 Å². The zero-order valence-electron chi connectivity index (χ0n) is 15.7. The molecule has 8 nitrogen and oxygen atoms in total. The Morgan fingerprint density at radius 3 is 2.50 bits per heavy atom. The van der Waals surface area contributed by atoms with Gasteiger partial charge in [0.25, 0.3) is 0 Å². The fraction of sp³-hybridized carbons (Fsp3) is 0.667. The minimum atomic E-state index is -0.288. The van der Waals surface area contributed by atoms with Crippen LogP contribution in [-0.4, -0.2) is 34.4 Å². The number of rotatable bonds is 6. The molecular formula is C18H26N4O4. The summed E-state index contributed by atoms with van der Waals surface area (Å²) in [6, 6.07) is -0.288.